The lowest BCUT2D eigenvalue weighted by molar-refractivity contribution is 0.0774. The highest BCUT2D eigenvalue weighted by Crippen LogP contribution is 2.12. The predicted octanol–water partition coefficient (Wildman–Crippen LogP) is 0.340. The van der Waals surface area contributed by atoms with E-state index in [2.05, 4.69) is 22.1 Å². The first kappa shape index (κ1) is 16.4. The summed E-state index contributed by atoms with van der Waals surface area (Å²) in [6.45, 7) is 5.74. The van der Waals surface area contributed by atoms with E-state index >= 15 is 0 Å². The van der Waals surface area contributed by atoms with Crippen molar-refractivity contribution in [2.45, 2.75) is 43.7 Å². The van der Waals surface area contributed by atoms with Crippen molar-refractivity contribution in [2.24, 2.45) is 0 Å². The van der Waals surface area contributed by atoms with Crippen LogP contribution in [-0.4, -0.2) is 50.5 Å². The number of hydrogen-bond acceptors (Lipinski definition) is 5. The molecule has 2 rings (SSSR count). The molecule has 7 nitrogen and oxygen atoms in total. The maximum Gasteiger partial charge on any atom is 0.244 e. The molecule has 0 amide bonds. The Labute approximate surface area is 126 Å². The normalized spacial score (nSPS) is 19.8. The zero-order chi connectivity index (χ0) is 15.1. The van der Waals surface area contributed by atoms with Gasteiger partial charge in [-0.25, -0.2) is 13.1 Å². The Morgan fingerprint density at radius 2 is 2.38 bits per heavy atom. The Bertz CT molecular complexity index is 523. The number of aryl methyl sites for hydroxylation is 1. The van der Waals surface area contributed by atoms with Crippen molar-refractivity contribution in [1.29, 1.82) is 0 Å². The topological polar surface area (TPSA) is 85.2 Å². The van der Waals surface area contributed by atoms with Gasteiger partial charge in [0.15, 0.2) is 0 Å². The van der Waals surface area contributed by atoms with Crippen molar-refractivity contribution >= 4 is 10.0 Å². The molecule has 1 aromatic rings. The Hall–Kier alpha value is -0.960. The first-order chi connectivity index (χ1) is 10.1. The number of nitrogens with one attached hydrogen (secondary N) is 2. The summed E-state index contributed by atoms with van der Waals surface area (Å²) in [5.74, 6) is 0. The molecule has 1 saturated heterocycles. The van der Waals surface area contributed by atoms with Gasteiger partial charge in [-0.2, -0.15) is 5.10 Å². The van der Waals surface area contributed by atoms with E-state index in [9.17, 15) is 8.42 Å². The molecule has 0 aliphatic carbocycles. The molecule has 120 valence electrons. The fourth-order valence-corrected chi connectivity index (χ4v) is 3.48. The Morgan fingerprint density at radius 3 is 3.10 bits per heavy atom. The zero-order valence-electron chi connectivity index (χ0n) is 12.4. The Kier molecular flexibility index (Phi) is 6.16. The maximum absolute atomic E-state index is 12.3. The third-order valence-corrected chi connectivity index (χ3v) is 4.87. The lowest BCUT2D eigenvalue weighted by atomic mass is 10.1. The molecule has 1 aromatic heterocycles. The second-order valence-electron chi connectivity index (χ2n) is 5.18. The van der Waals surface area contributed by atoms with Gasteiger partial charge in [-0.1, -0.05) is 6.92 Å². The second-order valence-corrected chi connectivity index (χ2v) is 6.90. The summed E-state index contributed by atoms with van der Waals surface area (Å²) in [4.78, 5) is 0.219. The SMILES string of the molecule is CCNCCCn1cc(S(=O)(=O)NC2CCCOC2)cn1. The van der Waals surface area contributed by atoms with Crippen molar-refractivity contribution < 1.29 is 13.2 Å². The summed E-state index contributed by atoms with van der Waals surface area (Å²) in [7, 11) is -3.50. The van der Waals surface area contributed by atoms with Gasteiger partial charge in [0.25, 0.3) is 0 Å². The Morgan fingerprint density at radius 1 is 1.52 bits per heavy atom. The van der Waals surface area contributed by atoms with Crippen molar-refractivity contribution in [1.82, 2.24) is 19.8 Å². The van der Waals surface area contributed by atoms with Crippen LogP contribution in [0.1, 0.15) is 26.2 Å². The quantitative estimate of drug-likeness (QED) is 0.676. The maximum atomic E-state index is 12.3. The molecule has 1 fully saturated rings. The molecule has 0 bridgehead atoms. The molecule has 1 aliphatic heterocycles. The first-order valence-corrected chi connectivity index (χ1v) is 8.93. The highest BCUT2D eigenvalue weighted by Gasteiger charge is 2.23. The molecule has 0 spiro atoms. The van der Waals surface area contributed by atoms with Crippen LogP contribution in [0.2, 0.25) is 0 Å². The molecule has 0 saturated carbocycles. The summed E-state index contributed by atoms with van der Waals surface area (Å²) in [6.07, 6.45) is 5.60. The van der Waals surface area contributed by atoms with Gasteiger partial charge < -0.3 is 10.1 Å². The molecular weight excluding hydrogens is 292 g/mol. The van der Waals surface area contributed by atoms with Crippen LogP contribution in [0.15, 0.2) is 17.3 Å². The molecule has 21 heavy (non-hydrogen) atoms. The van der Waals surface area contributed by atoms with Crippen LogP contribution in [0, 0.1) is 0 Å². The van der Waals surface area contributed by atoms with Crippen LogP contribution in [0.5, 0.6) is 0 Å². The average Bonchev–Trinajstić information content (AvgIpc) is 2.94. The summed E-state index contributed by atoms with van der Waals surface area (Å²) >= 11 is 0. The van der Waals surface area contributed by atoms with Gasteiger partial charge in [0, 0.05) is 25.4 Å². The van der Waals surface area contributed by atoms with E-state index in [0.29, 0.717) is 19.8 Å². The van der Waals surface area contributed by atoms with Gasteiger partial charge in [0.05, 0.1) is 12.8 Å². The van der Waals surface area contributed by atoms with Crippen LogP contribution in [0.4, 0.5) is 0 Å². The van der Waals surface area contributed by atoms with Gasteiger partial charge in [0.1, 0.15) is 4.90 Å². The standard InChI is InChI=1S/C13H24N4O3S/c1-2-14-6-4-7-17-10-13(9-15-17)21(18,19)16-12-5-3-8-20-11-12/h9-10,12,14,16H,2-8,11H2,1H3. The summed E-state index contributed by atoms with van der Waals surface area (Å²) < 4.78 is 34.2. The molecule has 8 heteroatoms. The monoisotopic (exact) mass is 316 g/mol. The van der Waals surface area contributed by atoms with Gasteiger partial charge in [-0.3, -0.25) is 4.68 Å². The van der Waals surface area contributed by atoms with Crippen molar-refractivity contribution in [3.63, 3.8) is 0 Å². The fraction of sp³-hybridized carbons (Fsp3) is 0.769. The predicted molar refractivity (Wildman–Crippen MR) is 79.6 cm³/mol. The number of rotatable bonds is 8. The number of sulfonamides is 1. The smallest absolute Gasteiger partial charge is 0.244 e. The highest BCUT2D eigenvalue weighted by molar-refractivity contribution is 7.89. The summed E-state index contributed by atoms with van der Waals surface area (Å²) in [5, 5.41) is 7.34. The minimum Gasteiger partial charge on any atom is -0.380 e. The molecule has 2 N–H and O–H groups in total. The van der Waals surface area contributed by atoms with Crippen LogP contribution in [0.3, 0.4) is 0 Å². The summed E-state index contributed by atoms with van der Waals surface area (Å²) in [5.41, 5.74) is 0. The first-order valence-electron chi connectivity index (χ1n) is 7.45. The molecule has 1 aliphatic rings. The van der Waals surface area contributed by atoms with Crippen molar-refractivity contribution in [3.8, 4) is 0 Å². The molecule has 0 radical (unpaired) electrons. The minimum absolute atomic E-state index is 0.138. The van der Waals surface area contributed by atoms with Crippen LogP contribution in [0.25, 0.3) is 0 Å². The molecule has 1 unspecified atom stereocenters. The van der Waals surface area contributed by atoms with Gasteiger partial charge in [-0.05, 0) is 32.4 Å². The minimum atomic E-state index is -3.50. The van der Waals surface area contributed by atoms with E-state index in [-0.39, 0.29) is 10.9 Å². The van der Waals surface area contributed by atoms with Crippen LogP contribution < -0.4 is 10.0 Å². The Balaban J connectivity index is 1.89. The zero-order valence-corrected chi connectivity index (χ0v) is 13.2. The number of ether oxygens (including phenoxy) is 1. The largest absolute Gasteiger partial charge is 0.380 e. The lowest BCUT2D eigenvalue weighted by Crippen LogP contribution is -2.40. The van der Waals surface area contributed by atoms with E-state index in [1.54, 1.807) is 10.9 Å². The highest BCUT2D eigenvalue weighted by atomic mass is 32.2. The molecule has 2 heterocycles. The molecule has 1 atom stereocenters. The second kappa shape index (κ2) is 7.88. The van der Waals surface area contributed by atoms with Gasteiger partial charge in [0.2, 0.25) is 10.0 Å². The summed E-state index contributed by atoms with van der Waals surface area (Å²) in [6, 6.07) is -0.138. The number of nitrogens with zero attached hydrogens (tertiary/aromatic N) is 2. The number of aromatic nitrogens is 2. The van der Waals surface area contributed by atoms with E-state index in [1.807, 2.05) is 0 Å². The van der Waals surface area contributed by atoms with Gasteiger partial charge >= 0.3 is 0 Å². The van der Waals surface area contributed by atoms with E-state index in [0.717, 1.165) is 32.4 Å². The van der Waals surface area contributed by atoms with Gasteiger partial charge in [-0.15, -0.1) is 0 Å². The lowest BCUT2D eigenvalue weighted by Gasteiger charge is -2.22. The van der Waals surface area contributed by atoms with Crippen molar-refractivity contribution in [2.75, 3.05) is 26.3 Å². The van der Waals surface area contributed by atoms with E-state index in [4.69, 9.17) is 4.74 Å². The van der Waals surface area contributed by atoms with Crippen molar-refractivity contribution in [3.05, 3.63) is 12.4 Å². The molecule has 0 aromatic carbocycles. The third-order valence-electron chi connectivity index (χ3n) is 3.39. The fourth-order valence-electron chi connectivity index (χ4n) is 2.27. The van der Waals surface area contributed by atoms with Crippen LogP contribution in [-0.2, 0) is 21.3 Å². The number of hydrogen-bond donors (Lipinski definition) is 2. The average molecular weight is 316 g/mol. The third kappa shape index (κ3) is 5.06. The molecular formula is C13H24N4O3S. The van der Waals surface area contributed by atoms with E-state index in [1.165, 1.54) is 6.20 Å². The van der Waals surface area contributed by atoms with E-state index < -0.39 is 10.0 Å². The van der Waals surface area contributed by atoms with Crippen LogP contribution >= 0.6 is 0 Å².